The SMILES string of the molecule is COc1cc(Cl)c(C(O)Cc2ccccc2C)cc1Cl. The fourth-order valence-electron chi connectivity index (χ4n) is 2.11. The molecule has 0 radical (unpaired) electrons. The summed E-state index contributed by atoms with van der Waals surface area (Å²) in [5.74, 6) is 0.503. The quantitative estimate of drug-likeness (QED) is 0.895. The van der Waals surface area contributed by atoms with Crippen LogP contribution in [0.15, 0.2) is 36.4 Å². The van der Waals surface area contributed by atoms with Crippen molar-refractivity contribution in [1.82, 2.24) is 0 Å². The minimum atomic E-state index is -0.702. The molecule has 20 heavy (non-hydrogen) atoms. The minimum Gasteiger partial charge on any atom is -0.495 e. The summed E-state index contributed by atoms with van der Waals surface area (Å²) in [6, 6.07) is 11.2. The Balaban J connectivity index is 2.28. The van der Waals surface area contributed by atoms with Gasteiger partial charge in [-0.1, -0.05) is 47.5 Å². The molecule has 0 bridgehead atoms. The van der Waals surface area contributed by atoms with Gasteiger partial charge in [0.1, 0.15) is 5.75 Å². The molecule has 0 saturated carbocycles. The largest absolute Gasteiger partial charge is 0.495 e. The first kappa shape index (κ1) is 15.2. The lowest BCUT2D eigenvalue weighted by atomic mass is 9.98. The van der Waals surface area contributed by atoms with Crippen molar-refractivity contribution in [3.05, 3.63) is 63.1 Å². The van der Waals surface area contributed by atoms with Gasteiger partial charge in [-0.15, -0.1) is 0 Å². The highest BCUT2D eigenvalue weighted by molar-refractivity contribution is 6.34. The van der Waals surface area contributed by atoms with Crippen molar-refractivity contribution in [2.45, 2.75) is 19.4 Å². The standard InChI is InChI=1S/C16H16Cl2O2/c1-10-5-3-4-6-11(10)7-15(19)12-8-14(18)16(20-2)9-13(12)17/h3-6,8-9,15,19H,7H2,1-2H3. The van der Waals surface area contributed by atoms with Gasteiger partial charge >= 0.3 is 0 Å². The van der Waals surface area contributed by atoms with Crippen LogP contribution in [0.5, 0.6) is 5.75 Å². The van der Waals surface area contributed by atoms with Crippen LogP contribution in [0.1, 0.15) is 22.8 Å². The smallest absolute Gasteiger partial charge is 0.138 e. The second-order valence-electron chi connectivity index (χ2n) is 4.65. The van der Waals surface area contributed by atoms with E-state index in [-0.39, 0.29) is 0 Å². The Hall–Kier alpha value is -1.22. The molecule has 2 nitrogen and oxygen atoms in total. The molecule has 106 valence electrons. The summed E-state index contributed by atoms with van der Waals surface area (Å²) in [5.41, 5.74) is 2.84. The molecule has 1 atom stereocenters. The van der Waals surface area contributed by atoms with Crippen LogP contribution in [0, 0.1) is 6.92 Å². The molecule has 0 saturated heterocycles. The van der Waals surface area contributed by atoms with E-state index in [9.17, 15) is 5.11 Å². The molecule has 0 aromatic heterocycles. The van der Waals surface area contributed by atoms with Crippen molar-refractivity contribution in [3.63, 3.8) is 0 Å². The first-order valence-corrected chi connectivity index (χ1v) is 7.04. The van der Waals surface area contributed by atoms with Crippen LogP contribution >= 0.6 is 23.2 Å². The highest BCUT2D eigenvalue weighted by Gasteiger charge is 2.16. The minimum absolute atomic E-state index is 0.440. The molecule has 0 heterocycles. The molecule has 1 unspecified atom stereocenters. The van der Waals surface area contributed by atoms with Gasteiger partial charge in [0.2, 0.25) is 0 Å². The van der Waals surface area contributed by atoms with Gasteiger partial charge in [-0.05, 0) is 24.1 Å². The molecule has 2 rings (SSSR count). The maximum absolute atomic E-state index is 10.4. The van der Waals surface area contributed by atoms with E-state index in [4.69, 9.17) is 27.9 Å². The molecular weight excluding hydrogens is 295 g/mol. The molecule has 0 fully saturated rings. The number of aliphatic hydroxyl groups excluding tert-OH is 1. The van der Waals surface area contributed by atoms with E-state index in [1.165, 1.54) is 7.11 Å². The van der Waals surface area contributed by atoms with Gasteiger partial charge in [0.25, 0.3) is 0 Å². The Kier molecular flexibility index (Phi) is 4.92. The highest BCUT2D eigenvalue weighted by Crippen LogP contribution is 2.35. The third kappa shape index (κ3) is 3.26. The van der Waals surface area contributed by atoms with Gasteiger partial charge in [-0.3, -0.25) is 0 Å². The van der Waals surface area contributed by atoms with E-state index in [0.29, 0.717) is 27.8 Å². The number of benzene rings is 2. The normalized spacial score (nSPS) is 12.2. The Morgan fingerprint density at radius 2 is 1.85 bits per heavy atom. The molecule has 0 aliphatic heterocycles. The monoisotopic (exact) mass is 310 g/mol. The fourth-order valence-corrected chi connectivity index (χ4v) is 2.64. The second kappa shape index (κ2) is 6.49. The third-order valence-corrected chi connectivity index (χ3v) is 3.93. The lowest BCUT2D eigenvalue weighted by molar-refractivity contribution is 0.178. The lowest BCUT2D eigenvalue weighted by Crippen LogP contribution is -2.04. The topological polar surface area (TPSA) is 29.5 Å². The van der Waals surface area contributed by atoms with Gasteiger partial charge in [0.15, 0.2) is 0 Å². The van der Waals surface area contributed by atoms with Crippen molar-refractivity contribution in [3.8, 4) is 5.75 Å². The van der Waals surface area contributed by atoms with Crippen LogP contribution in [0.4, 0.5) is 0 Å². The number of aliphatic hydroxyl groups is 1. The van der Waals surface area contributed by atoms with E-state index in [2.05, 4.69) is 0 Å². The first-order chi connectivity index (χ1) is 9.52. The number of rotatable bonds is 4. The van der Waals surface area contributed by atoms with E-state index in [1.807, 2.05) is 31.2 Å². The molecular formula is C16H16Cl2O2. The van der Waals surface area contributed by atoms with E-state index >= 15 is 0 Å². The Morgan fingerprint density at radius 1 is 1.15 bits per heavy atom. The predicted octanol–water partition coefficient (Wildman–Crippen LogP) is 4.59. The number of hydrogen-bond donors (Lipinski definition) is 1. The third-order valence-electron chi connectivity index (χ3n) is 3.30. The summed E-state index contributed by atoms with van der Waals surface area (Å²) in [4.78, 5) is 0. The van der Waals surface area contributed by atoms with Crippen LogP contribution in [0.3, 0.4) is 0 Å². The van der Waals surface area contributed by atoms with Gasteiger partial charge < -0.3 is 9.84 Å². The zero-order valence-electron chi connectivity index (χ0n) is 11.4. The number of halogens is 2. The van der Waals surface area contributed by atoms with Crippen molar-refractivity contribution >= 4 is 23.2 Å². The molecule has 0 amide bonds. The summed E-state index contributed by atoms with van der Waals surface area (Å²) in [6.45, 7) is 2.02. The molecule has 0 aliphatic rings. The predicted molar refractivity (Wildman–Crippen MR) is 82.9 cm³/mol. The van der Waals surface area contributed by atoms with Crippen molar-refractivity contribution in [2.75, 3.05) is 7.11 Å². The zero-order valence-corrected chi connectivity index (χ0v) is 12.9. The van der Waals surface area contributed by atoms with Crippen LogP contribution in [-0.4, -0.2) is 12.2 Å². The second-order valence-corrected chi connectivity index (χ2v) is 5.47. The van der Waals surface area contributed by atoms with Crippen LogP contribution in [0.25, 0.3) is 0 Å². The van der Waals surface area contributed by atoms with Gasteiger partial charge in [0.05, 0.1) is 23.3 Å². The molecule has 0 aliphatic carbocycles. The fraction of sp³-hybridized carbons (Fsp3) is 0.250. The van der Waals surface area contributed by atoms with E-state index in [0.717, 1.165) is 11.1 Å². The Morgan fingerprint density at radius 3 is 2.50 bits per heavy atom. The number of hydrogen-bond acceptors (Lipinski definition) is 2. The van der Waals surface area contributed by atoms with Gasteiger partial charge in [0, 0.05) is 18.1 Å². The summed E-state index contributed by atoms with van der Waals surface area (Å²) in [6.07, 6.45) is -0.207. The van der Waals surface area contributed by atoms with Crippen LogP contribution < -0.4 is 4.74 Å². The van der Waals surface area contributed by atoms with E-state index < -0.39 is 6.10 Å². The summed E-state index contributed by atoms with van der Waals surface area (Å²) in [7, 11) is 1.53. The number of aryl methyl sites for hydroxylation is 1. The number of methoxy groups -OCH3 is 1. The van der Waals surface area contributed by atoms with Gasteiger partial charge in [-0.2, -0.15) is 0 Å². The molecule has 2 aromatic carbocycles. The first-order valence-electron chi connectivity index (χ1n) is 6.28. The average Bonchev–Trinajstić information content (AvgIpc) is 2.43. The average molecular weight is 311 g/mol. The van der Waals surface area contributed by atoms with Crippen LogP contribution in [-0.2, 0) is 6.42 Å². The lowest BCUT2D eigenvalue weighted by Gasteiger charge is -2.16. The maximum atomic E-state index is 10.4. The summed E-state index contributed by atoms with van der Waals surface area (Å²) >= 11 is 12.3. The van der Waals surface area contributed by atoms with Crippen molar-refractivity contribution in [1.29, 1.82) is 0 Å². The molecule has 4 heteroatoms. The Labute approximate surface area is 128 Å². The molecule has 1 N–H and O–H groups in total. The van der Waals surface area contributed by atoms with Crippen molar-refractivity contribution < 1.29 is 9.84 Å². The number of ether oxygens (including phenoxy) is 1. The maximum Gasteiger partial charge on any atom is 0.138 e. The highest BCUT2D eigenvalue weighted by atomic mass is 35.5. The van der Waals surface area contributed by atoms with Crippen molar-refractivity contribution in [2.24, 2.45) is 0 Å². The molecule has 0 spiro atoms. The van der Waals surface area contributed by atoms with Crippen LogP contribution in [0.2, 0.25) is 10.0 Å². The summed E-state index contributed by atoms with van der Waals surface area (Å²) in [5, 5.41) is 11.3. The zero-order chi connectivity index (χ0) is 14.7. The molecule has 2 aromatic rings. The van der Waals surface area contributed by atoms with E-state index in [1.54, 1.807) is 12.1 Å². The van der Waals surface area contributed by atoms with Gasteiger partial charge in [-0.25, -0.2) is 0 Å². The Bertz CT molecular complexity index is 611. The summed E-state index contributed by atoms with van der Waals surface area (Å²) < 4.78 is 5.10.